The fraction of sp³-hybridized carbons (Fsp3) is 0.533. The third-order valence-electron chi connectivity index (χ3n) is 3.44. The van der Waals surface area contributed by atoms with Crippen molar-refractivity contribution in [2.75, 3.05) is 0 Å². The van der Waals surface area contributed by atoms with Gasteiger partial charge >= 0.3 is 0 Å². The van der Waals surface area contributed by atoms with Crippen LogP contribution in [0.15, 0.2) is 24.3 Å². The summed E-state index contributed by atoms with van der Waals surface area (Å²) in [6.45, 7) is 4.48. The molecule has 1 heterocycles. The Morgan fingerprint density at radius 3 is 2.61 bits per heavy atom. The molecule has 0 fully saturated rings. The summed E-state index contributed by atoms with van der Waals surface area (Å²) in [4.78, 5) is 4.66. The maximum Gasteiger partial charge on any atom is 0.111 e. The van der Waals surface area contributed by atoms with E-state index in [9.17, 15) is 0 Å². The van der Waals surface area contributed by atoms with Crippen molar-refractivity contribution in [3.8, 4) is 0 Å². The van der Waals surface area contributed by atoms with Crippen molar-refractivity contribution in [2.24, 2.45) is 18.7 Å². The summed E-state index contributed by atoms with van der Waals surface area (Å²) in [5.41, 5.74) is 8.44. The molecular weight excluding hydrogens is 222 g/mol. The van der Waals surface area contributed by atoms with Crippen LogP contribution in [-0.2, 0) is 13.5 Å². The van der Waals surface area contributed by atoms with Gasteiger partial charge in [0, 0.05) is 19.5 Å². The number of nitrogens with two attached hydrogens (primary N) is 1. The van der Waals surface area contributed by atoms with E-state index in [0.29, 0.717) is 0 Å². The Morgan fingerprint density at radius 2 is 1.94 bits per heavy atom. The van der Waals surface area contributed by atoms with Crippen LogP contribution in [0, 0.1) is 5.92 Å². The van der Waals surface area contributed by atoms with Crippen molar-refractivity contribution in [3.63, 3.8) is 0 Å². The molecule has 0 spiro atoms. The molecule has 0 aliphatic rings. The molecule has 0 saturated carbocycles. The minimum absolute atomic E-state index is 0.211. The topological polar surface area (TPSA) is 43.8 Å². The first-order chi connectivity index (χ1) is 8.58. The van der Waals surface area contributed by atoms with Gasteiger partial charge in [-0.2, -0.15) is 0 Å². The van der Waals surface area contributed by atoms with Crippen molar-refractivity contribution in [2.45, 2.75) is 39.2 Å². The summed E-state index contributed by atoms with van der Waals surface area (Å²) in [7, 11) is 2.07. The maximum absolute atomic E-state index is 6.19. The summed E-state index contributed by atoms with van der Waals surface area (Å²) < 4.78 is 2.16. The van der Waals surface area contributed by atoms with E-state index in [1.807, 2.05) is 12.1 Å². The smallest absolute Gasteiger partial charge is 0.111 e. The predicted molar refractivity (Wildman–Crippen MR) is 76.5 cm³/mol. The molecule has 98 valence electrons. The third-order valence-corrected chi connectivity index (χ3v) is 3.44. The molecule has 1 atom stereocenters. The number of aryl methyl sites for hydroxylation is 1. The molecule has 3 nitrogen and oxygen atoms in total. The van der Waals surface area contributed by atoms with Crippen molar-refractivity contribution in [1.82, 2.24) is 9.55 Å². The minimum atomic E-state index is 0.211. The van der Waals surface area contributed by atoms with Crippen LogP contribution in [0.25, 0.3) is 11.0 Å². The number of benzene rings is 1. The summed E-state index contributed by atoms with van der Waals surface area (Å²) in [5.74, 6) is 1.81. The van der Waals surface area contributed by atoms with Gasteiger partial charge in [-0.1, -0.05) is 26.0 Å². The van der Waals surface area contributed by atoms with Crippen LogP contribution in [0.4, 0.5) is 0 Å². The summed E-state index contributed by atoms with van der Waals surface area (Å²) in [5, 5.41) is 0. The molecule has 0 amide bonds. The van der Waals surface area contributed by atoms with Crippen molar-refractivity contribution in [1.29, 1.82) is 0 Å². The molecule has 2 rings (SSSR count). The predicted octanol–water partition coefficient (Wildman–Crippen LogP) is 2.88. The molecule has 2 N–H and O–H groups in total. The largest absolute Gasteiger partial charge is 0.331 e. The molecular formula is C15H23N3. The van der Waals surface area contributed by atoms with Gasteiger partial charge in [0.15, 0.2) is 0 Å². The van der Waals surface area contributed by atoms with Gasteiger partial charge in [-0.15, -0.1) is 0 Å². The van der Waals surface area contributed by atoms with Crippen LogP contribution >= 0.6 is 0 Å². The number of hydrogen-bond donors (Lipinski definition) is 1. The minimum Gasteiger partial charge on any atom is -0.331 e. The molecule has 0 saturated heterocycles. The second kappa shape index (κ2) is 5.53. The lowest BCUT2D eigenvalue weighted by molar-refractivity contribution is 0.487. The van der Waals surface area contributed by atoms with Crippen molar-refractivity contribution < 1.29 is 0 Å². The second-order valence-corrected chi connectivity index (χ2v) is 5.51. The summed E-state index contributed by atoms with van der Waals surface area (Å²) in [6, 6.07) is 8.44. The van der Waals surface area contributed by atoms with Gasteiger partial charge in [0.1, 0.15) is 5.82 Å². The van der Waals surface area contributed by atoms with Crippen LogP contribution < -0.4 is 5.73 Å². The first-order valence-corrected chi connectivity index (χ1v) is 6.74. The monoisotopic (exact) mass is 245 g/mol. The Labute approximate surface area is 109 Å². The highest BCUT2D eigenvalue weighted by Gasteiger charge is 2.11. The summed E-state index contributed by atoms with van der Waals surface area (Å²) in [6.07, 6.45) is 3.11. The molecule has 0 aliphatic heterocycles. The average Bonchev–Trinajstić information content (AvgIpc) is 2.65. The van der Waals surface area contributed by atoms with Crippen LogP contribution in [0.3, 0.4) is 0 Å². The van der Waals surface area contributed by atoms with Gasteiger partial charge in [0.2, 0.25) is 0 Å². The van der Waals surface area contributed by atoms with E-state index >= 15 is 0 Å². The fourth-order valence-electron chi connectivity index (χ4n) is 2.26. The Bertz CT molecular complexity index is 513. The van der Waals surface area contributed by atoms with Gasteiger partial charge < -0.3 is 10.3 Å². The second-order valence-electron chi connectivity index (χ2n) is 5.51. The highest BCUT2D eigenvalue weighted by Crippen LogP contribution is 2.16. The van der Waals surface area contributed by atoms with Gasteiger partial charge in [-0.25, -0.2) is 4.98 Å². The lowest BCUT2D eigenvalue weighted by Crippen LogP contribution is -2.24. The van der Waals surface area contributed by atoms with Crippen molar-refractivity contribution >= 4 is 11.0 Å². The van der Waals surface area contributed by atoms with Gasteiger partial charge in [-0.3, -0.25) is 0 Å². The molecule has 2 aromatic rings. The zero-order valence-corrected chi connectivity index (χ0v) is 11.6. The number of para-hydroxylation sites is 2. The van der Waals surface area contributed by atoms with Gasteiger partial charge in [0.05, 0.1) is 11.0 Å². The number of imidazole rings is 1. The van der Waals surface area contributed by atoms with E-state index in [1.165, 1.54) is 11.9 Å². The van der Waals surface area contributed by atoms with E-state index in [0.717, 1.165) is 30.1 Å². The van der Waals surface area contributed by atoms with E-state index in [-0.39, 0.29) is 6.04 Å². The quantitative estimate of drug-likeness (QED) is 0.880. The van der Waals surface area contributed by atoms with Crippen LogP contribution in [0.2, 0.25) is 0 Å². The lowest BCUT2D eigenvalue weighted by atomic mass is 10.0. The number of fused-ring (bicyclic) bond motifs is 1. The highest BCUT2D eigenvalue weighted by molar-refractivity contribution is 5.75. The molecule has 0 bridgehead atoms. The summed E-state index contributed by atoms with van der Waals surface area (Å²) >= 11 is 0. The van der Waals surface area contributed by atoms with E-state index in [2.05, 4.69) is 42.6 Å². The molecule has 1 unspecified atom stereocenters. The molecule has 0 aliphatic carbocycles. The van der Waals surface area contributed by atoms with E-state index in [4.69, 9.17) is 5.73 Å². The Balaban J connectivity index is 2.09. The van der Waals surface area contributed by atoms with Crippen LogP contribution in [0.1, 0.15) is 32.5 Å². The van der Waals surface area contributed by atoms with Crippen LogP contribution in [-0.4, -0.2) is 15.6 Å². The molecule has 1 aromatic carbocycles. The van der Waals surface area contributed by atoms with E-state index < -0.39 is 0 Å². The number of aromatic nitrogens is 2. The number of nitrogens with zero attached hydrogens (tertiary/aromatic N) is 2. The molecule has 18 heavy (non-hydrogen) atoms. The number of hydrogen-bond acceptors (Lipinski definition) is 2. The Kier molecular flexibility index (Phi) is 4.02. The zero-order chi connectivity index (χ0) is 13.1. The molecule has 0 radical (unpaired) electrons. The van der Waals surface area contributed by atoms with E-state index in [1.54, 1.807) is 0 Å². The average molecular weight is 245 g/mol. The van der Waals surface area contributed by atoms with Gasteiger partial charge in [0.25, 0.3) is 0 Å². The highest BCUT2D eigenvalue weighted by atomic mass is 15.1. The standard InChI is InChI=1S/C15H23N3/c1-11(2)8-9-12(16)10-15-17-13-6-4-5-7-14(13)18(15)3/h4-7,11-12H,8-10,16H2,1-3H3. The maximum atomic E-state index is 6.19. The fourth-order valence-corrected chi connectivity index (χ4v) is 2.26. The van der Waals surface area contributed by atoms with Crippen molar-refractivity contribution in [3.05, 3.63) is 30.1 Å². The van der Waals surface area contributed by atoms with Crippen LogP contribution in [0.5, 0.6) is 0 Å². The molecule has 3 heteroatoms. The zero-order valence-electron chi connectivity index (χ0n) is 11.6. The third kappa shape index (κ3) is 2.91. The first-order valence-electron chi connectivity index (χ1n) is 6.74. The number of rotatable bonds is 5. The first kappa shape index (κ1) is 13.1. The normalized spacial score (nSPS) is 13.4. The SMILES string of the molecule is CC(C)CCC(N)Cc1nc2ccccc2n1C. The van der Waals surface area contributed by atoms with Gasteiger partial charge in [-0.05, 0) is 30.9 Å². The Morgan fingerprint density at radius 1 is 1.22 bits per heavy atom. The lowest BCUT2D eigenvalue weighted by Gasteiger charge is -2.12. The Hall–Kier alpha value is -1.35. The molecule has 1 aromatic heterocycles.